The second kappa shape index (κ2) is 3.58. The molecule has 0 aromatic carbocycles. The number of hydrogen-bond donors (Lipinski definition) is 1. The van der Waals surface area contributed by atoms with Gasteiger partial charge in [-0.1, -0.05) is 6.07 Å². The van der Waals surface area contributed by atoms with Crippen molar-refractivity contribution >= 4 is 11.3 Å². The first kappa shape index (κ1) is 10.6. The van der Waals surface area contributed by atoms with Gasteiger partial charge in [0.1, 0.15) is 0 Å². The Labute approximate surface area is 107 Å². The molecule has 0 aliphatic heterocycles. The van der Waals surface area contributed by atoms with E-state index in [0.29, 0.717) is 5.41 Å². The van der Waals surface area contributed by atoms with Crippen LogP contribution >= 0.6 is 11.3 Å². The van der Waals surface area contributed by atoms with E-state index >= 15 is 0 Å². The summed E-state index contributed by atoms with van der Waals surface area (Å²) in [6.45, 7) is 0.933. The monoisotopic (exact) mass is 247 g/mol. The fourth-order valence-corrected chi connectivity index (χ4v) is 6.36. The van der Waals surface area contributed by atoms with Crippen molar-refractivity contribution in [1.29, 1.82) is 0 Å². The van der Waals surface area contributed by atoms with Gasteiger partial charge in [-0.3, -0.25) is 0 Å². The van der Waals surface area contributed by atoms with Crippen LogP contribution in [0.4, 0.5) is 0 Å². The fourth-order valence-electron chi connectivity index (χ4n) is 5.40. The van der Waals surface area contributed by atoms with Crippen molar-refractivity contribution in [1.82, 2.24) is 0 Å². The van der Waals surface area contributed by atoms with Crippen LogP contribution in [0.5, 0.6) is 0 Å². The first-order chi connectivity index (χ1) is 8.31. The summed E-state index contributed by atoms with van der Waals surface area (Å²) in [4.78, 5) is 1.67. The Morgan fingerprint density at radius 3 is 2.59 bits per heavy atom. The SMILES string of the molecule is NCC1C2CC3CC1CC(c1cccs1)(C3)C2. The Kier molecular flexibility index (Phi) is 2.23. The quantitative estimate of drug-likeness (QED) is 0.851. The Morgan fingerprint density at radius 1 is 1.24 bits per heavy atom. The van der Waals surface area contributed by atoms with E-state index in [1.54, 1.807) is 4.88 Å². The standard InChI is InChI=1S/C15H21NS/c16-9-13-11-4-10-5-12(13)8-15(6-10,7-11)14-2-1-3-17-14/h1-3,10-13H,4-9,16H2. The van der Waals surface area contributed by atoms with E-state index in [0.717, 1.165) is 30.2 Å². The molecule has 0 radical (unpaired) electrons. The van der Waals surface area contributed by atoms with Crippen LogP contribution in [0.2, 0.25) is 0 Å². The first-order valence-corrected chi connectivity index (χ1v) is 7.93. The molecule has 1 aromatic rings. The molecule has 4 aliphatic carbocycles. The fraction of sp³-hybridized carbons (Fsp3) is 0.733. The lowest BCUT2D eigenvalue weighted by Crippen LogP contribution is -2.54. The van der Waals surface area contributed by atoms with Crippen molar-refractivity contribution in [2.24, 2.45) is 29.4 Å². The Hall–Kier alpha value is -0.340. The summed E-state index contributed by atoms with van der Waals surface area (Å²) < 4.78 is 0. The summed E-state index contributed by atoms with van der Waals surface area (Å²) in [5.41, 5.74) is 6.58. The van der Waals surface area contributed by atoms with E-state index in [1.165, 1.54) is 32.1 Å². The molecule has 1 aromatic heterocycles. The van der Waals surface area contributed by atoms with Crippen molar-refractivity contribution in [2.75, 3.05) is 6.54 Å². The summed E-state index contributed by atoms with van der Waals surface area (Å²) in [5.74, 6) is 3.73. The highest BCUT2D eigenvalue weighted by atomic mass is 32.1. The van der Waals surface area contributed by atoms with Gasteiger partial charge in [0.15, 0.2) is 0 Å². The van der Waals surface area contributed by atoms with Gasteiger partial charge >= 0.3 is 0 Å². The highest BCUT2D eigenvalue weighted by Crippen LogP contribution is 2.63. The minimum Gasteiger partial charge on any atom is -0.330 e. The summed E-state index contributed by atoms with van der Waals surface area (Å²) in [7, 11) is 0. The molecule has 2 unspecified atom stereocenters. The molecule has 0 spiro atoms. The maximum Gasteiger partial charge on any atom is 0.0107 e. The van der Waals surface area contributed by atoms with Crippen molar-refractivity contribution < 1.29 is 0 Å². The molecule has 1 nitrogen and oxygen atoms in total. The van der Waals surface area contributed by atoms with Crippen LogP contribution in [0.3, 0.4) is 0 Å². The third kappa shape index (κ3) is 1.40. The number of rotatable bonds is 2. The third-order valence-corrected chi connectivity index (χ3v) is 6.90. The molecule has 17 heavy (non-hydrogen) atoms. The van der Waals surface area contributed by atoms with Crippen LogP contribution < -0.4 is 5.73 Å². The summed E-state index contributed by atoms with van der Waals surface area (Å²) >= 11 is 1.99. The van der Waals surface area contributed by atoms with E-state index in [2.05, 4.69) is 17.5 Å². The lowest BCUT2D eigenvalue weighted by molar-refractivity contribution is -0.0510. The minimum atomic E-state index is 0.566. The lowest BCUT2D eigenvalue weighted by atomic mass is 9.46. The zero-order valence-electron chi connectivity index (χ0n) is 10.3. The molecular formula is C15H21NS. The number of thiophene rings is 1. The molecule has 4 saturated carbocycles. The summed E-state index contributed by atoms with van der Waals surface area (Å²) in [5, 5.41) is 2.26. The van der Waals surface area contributed by atoms with Gasteiger partial charge in [-0.15, -0.1) is 11.3 Å². The topological polar surface area (TPSA) is 26.0 Å². The molecule has 4 aliphatic rings. The molecule has 1 heterocycles. The van der Waals surface area contributed by atoms with Gasteiger partial charge in [0.25, 0.3) is 0 Å². The van der Waals surface area contributed by atoms with Gasteiger partial charge in [0, 0.05) is 10.3 Å². The third-order valence-electron chi connectivity index (χ3n) is 5.78. The Morgan fingerprint density at radius 2 is 2.00 bits per heavy atom. The highest BCUT2D eigenvalue weighted by molar-refractivity contribution is 7.10. The maximum absolute atomic E-state index is 6.02. The molecule has 2 heteroatoms. The zero-order valence-corrected chi connectivity index (χ0v) is 11.1. The van der Waals surface area contributed by atoms with E-state index in [9.17, 15) is 0 Å². The molecule has 4 bridgehead atoms. The minimum absolute atomic E-state index is 0.566. The number of hydrogen-bond acceptors (Lipinski definition) is 2. The maximum atomic E-state index is 6.02. The molecule has 5 rings (SSSR count). The molecule has 92 valence electrons. The molecule has 4 fully saturated rings. The highest BCUT2D eigenvalue weighted by Gasteiger charge is 2.55. The van der Waals surface area contributed by atoms with Crippen LogP contribution in [0.1, 0.15) is 37.0 Å². The van der Waals surface area contributed by atoms with E-state index in [4.69, 9.17) is 5.73 Å². The van der Waals surface area contributed by atoms with E-state index in [1.807, 2.05) is 11.3 Å². The van der Waals surface area contributed by atoms with Crippen LogP contribution in [-0.4, -0.2) is 6.54 Å². The van der Waals surface area contributed by atoms with Gasteiger partial charge in [-0.05, 0) is 73.8 Å². The lowest BCUT2D eigenvalue weighted by Gasteiger charge is -2.60. The van der Waals surface area contributed by atoms with Gasteiger partial charge in [-0.2, -0.15) is 0 Å². The first-order valence-electron chi connectivity index (χ1n) is 7.05. The second-order valence-electron chi connectivity index (χ2n) is 6.63. The van der Waals surface area contributed by atoms with Gasteiger partial charge < -0.3 is 5.73 Å². The predicted molar refractivity (Wildman–Crippen MR) is 72.1 cm³/mol. The normalized spacial score (nSPS) is 47.6. The van der Waals surface area contributed by atoms with Gasteiger partial charge in [0.2, 0.25) is 0 Å². The molecule has 0 amide bonds. The average molecular weight is 247 g/mol. The summed E-state index contributed by atoms with van der Waals surface area (Å²) in [6, 6.07) is 4.62. The van der Waals surface area contributed by atoms with Crippen molar-refractivity contribution in [2.45, 2.75) is 37.5 Å². The molecule has 2 N–H and O–H groups in total. The molecular weight excluding hydrogens is 226 g/mol. The van der Waals surface area contributed by atoms with Crippen molar-refractivity contribution in [3.05, 3.63) is 22.4 Å². The van der Waals surface area contributed by atoms with Crippen LogP contribution in [0.25, 0.3) is 0 Å². The molecule has 0 saturated heterocycles. The van der Waals surface area contributed by atoms with Crippen molar-refractivity contribution in [3.63, 3.8) is 0 Å². The number of nitrogens with two attached hydrogens (primary N) is 1. The second-order valence-corrected chi connectivity index (χ2v) is 7.57. The Balaban J connectivity index is 1.73. The molecule has 2 atom stereocenters. The smallest absolute Gasteiger partial charge is 0.0107 e. The average Bonchev–Trinajstić information content (AvgIpc) is 2.82. The van der Waals surface area contributed by atoms with Gasteiger partial charge in [0.05, 0.1) is 0 Å². The predicted octanol–water partition coefficient (Wildman–Crippen LogP) is 3.40. The van der Waals surface area contributed by atoms with E-state index < -0.39 is 0 Å². The largest absolute Gasteiger partial charge is 0.330 e. The zero-order chi connectivity index (χ0) is 11.5. The van der Waals surface area contributed by atoms with Crippen LogP contribution in [0.15, 0.2) is 17.5 Å². The van der Waals surface area contributed by atoms with Crippen molar-refractivity contribution in [3.8, 4) is 0 Å². The van der Waals surface area contributed by atoms with Gasteiger partial charge in [-0.25, -0.2) is 0 Å². The Bertz CT molecular complexity index is 395. The van der Waals surface area contributed by atoms with Crippen LogP contribution in [0, 0.1) is 23.7 Å². The van der Waals surface area contributed by atoms with Crippen LogP contribution in [-0.2, 0) is 5.41 Å². The summed E-state index contributed by atoms with van der Waals surface area (Å²) in [6.07, 6.45) is 7.29. The van der Waals surface area contributed by atoms with E-state index in [-0.39, 0.29) is 0 Å².